The summed E-state index contributed by atoms with van der Waals surface area (Å²) in [5, 5.41) is 8.81. The molecule has 5 heteroatoms. The van der Waals surface area contributed by atoms with E-state index in [-0.39, 0.29) is 6.42 Å². The van der Waals surface area contributed by atoms with Gasteiger partial charge in [0.1, 0.15) is 0 Å². The monoisotopic (exact) mass is 244 g/mol. The third kappa shape index (κ3) is 1.69. The molecule has 2 nitrogen and oxygen atoms in total. The highest BCUT2D eigenvalue weighted by molar-refractivity contribution is 5.81. The molecule has 0 heterocycles. The van der Waals surface area contributed by atoms with Crippen molar-refractivity contribution in [2.75, 3.05) is 0 Å². The number of halogens is 3. The summed E-state index contributed by atoms with van der Waals surface area (Å²) in [6.07, 6.45) is -5.07. The molecule has 0 aromatic heterocycles. The number of aryl methyl sites for hydroxylation is 1. The average Bonchev–Trinajstić information content (AvgIpc) is 2.94. The lowest BCUT2D eigenvalue weighted by Crippen LogP contribution is -2.34. The highest BCUT2D eigenvalue weighted by Crippen LogP contribution is 2.67. The van der Waals surface area contributed by atoms with E-state index in [9.17, 15) is 18.0 Å². The molecular weight excluding hydrogens is 233 g/mol. The van der Waals surface area contributed by atoms with Gasteiger partial charge in [0.25, 0.3) is 0 Å². The quantitative estimate of drug-likeness (QED) is 0.867. The maximum absolute atomic E-state index is 12.8. The third-order valence-electron chi connectivity index (χ3n) is 3.33. The number of rotatable bonds is 2. The Morgan fingerprint density at radius 1 is 1.35 bits per heavy atom. The summed E-state index contributed by atoms with van der Waals surface area (Å²) < 4.78 is 38.3. The molecule has 0 aliphatic heterocycles. The minimum atomic E-state index is -4.70. The highest BCUT2D eigenvalue weighted by atomic mass is 19.4. The molecule has 1 fully saturated rings. The maximum Gasteiger partial charge on any atom is 0.405 e. The Morgan fingerprint density at radius 3 is 2.24 bits per heavy atom. The third-order valence-corrected chi connectivity index (χ3v) is 3.33. The zero-order valence-electron chi connectivity index (χ0n) is 9.08. The van der Waals surface area contributed by atoms with Gasteiger partial charge in [-0.25, -0.2) is 0 Å². The number of hydrogen-bond donors (Lipinski definition) is 1. The summed E-state index contributed by atoms with van der Waals surface area (Å²) in [6, 6.07) is 6.51. The van der Waals surface area contributed by atoms with Crippen molar-refractivity contribution in [3.8, 4) is 0 Å². The van der Waals surface area contributed by atoms with Crippen LogP contribution >= 0.6 is 0 Å². The second kappa shape index (κ2) is 3.48. The van der Waals surface area contributed by atoms with Crippen LogP contribution in [0.2, 0.25) is 0 Å². The summed E-state index contributed by atoms with van der Waals surface area (Å²) in [5.74, 6) is -2.74. The van der Waals surface area contributed by atoms with Gasteiger partial charge in [0.15, 0.2) is 5.41 Å². The average molecular weight is 244 g/mol. The van der Waals surface area contributed by atoms with Crippen LogP contribution in [-0.4, -0.2) is 17.3 Å². The van der Waals surface area contributed by atoms with Crippen molar-refractivity contribution in [3.05, 3.63) is 35.4 Å². The minimum absolute atomic E-state index is 0.366. The van der Waals surface area contributed by atoms with Gasteiger partial charge in [0.05, 0.1) is 0 Å². The Balaban J connectivity index is 2.33. The van der Waals surface area contributed by atoms with Crippen molar-refractivity contribution >= 4 is 5.97 Å². The number of carboxylic acid groups (broad SMARTS) is 1. The fraction of sp³-hybridized carbons (Fsp3) is 0.417. The molecule has 0 bridgehead atoms. The van der Waals surface area contributed by atoms with Crippen LogP contribution in [0.4, 0.5) is 13.2 Å². The zero-order valence-corrected chi connectivity index (χ0v) is 9.08. The van der Waals surface area contributed by atoms with Crippen LogP contribution in [0.1, 0.15) is 23.5 Å². The zero-order chi connectivity index (χ0) is 12.8. The van der Waals surface area contributed by atoms with E-state index >= 15 is 0 Å². The molecule has 92 valence electrons. The summed E-state index contributed by atoms with van der Waals surface area (Å²) in [4.78, 5) is 10.9. The fourth-order valence-electron chi connectivity index (χ4n) is 2.14. The van der Waals surface area contributed by atoms with E-state index in [0.29, 0.717) is 5.56 Å². The molecule has 17 heavy (non-hydrogen) atoms. The van der Waals surface area contributed by atoms with Crippen LogP contribution in [-0.2, 0) is 4.79 Å². The largest absolute Gasteiger partial charge is 0.481 e. The molecule has 1 saturated carbocycles. The molecule has 1 aliphatic rings. The van der Waals surface area contributed by atoms with Crippen molar-refractivity contribution in [2.45, 2.75) is 25.4 Å². The first-order valence-corrected chi connectivity index (χ1v) is 5.16. The second-order valence-electron chi connectivity index (χ2n) is 4.44. The van der Waals surface area contributed by atoms with Gasteiger partial charge < -0.3 is 5.11 Å². The Hall–Kier alpha value is -1.52. The van der Waals surface area contributed by atoms with E-state index in [4.69, 9.17) is 5.11 Å². The predicted octanol–water partition coefficient (Wildman–Crippen LogP) is 3.12. The number of carboxylic acids is 1. The summed E-state index contributed by atoms with van der Waals surface area (Å²) in [6.45, 7) is 1.82. The highest BCUT2D eigenvalue weighted by Gasteiger charge is 2.76. The van der Waals surface area contributed by atoms with Crippen LogP contribution in [0.5, 0.6) is 0 Å². The Morgan fingerprint density at radius 2 is 1.88 bits per heavy atom. The SMILES string of the molecule is Cc1ccc([C@H]2C[C@]2(C(=O)O)C(F)(F)F)cc1. The van der Waals surface area contributed by atoms with Gasteiger partial charge in [-0.15, -0.1) is 0 Å². The van der Waals surface area contributed by atoms with Gasteiger partial charge in [0.2, 0.25) is 0 Å². The van der Waals surface area contributed by atoms with Crippen molar-refractivity contribution < 1.29 is 23.1 Å². The predicted molar refractivity (Wildman–Crippen MR) is 54.7 cm³/mol. The normalized spacial score (nSPS) is 27.9. The van der Waals surface area contributed by atoms with Crippen LogP contribution in [0, 0.1) is 12.3 Å². The van der Waals surface area contributed by atoms with Crippen molar-refractivity contribution in [1.82, 2.24) is 0 Å². The Bertz CT molecular complexity index is 450. The topological polar surface area (TPSA) is 37.3 Å². The molecule has 1 N–H and O–H groups in total. The summed E-state index contributed by atoms with van der Waals surface area (Å²) >= 11 is 0. The van der Waals surface area contributed by atoms with Crippen LogP contribution in [0.25, 0.3) is 0 Å². The molecule has 1 aromatic rings. The minimum Gasteiger partial charge on any atom is -0.481 e. The van der Waals surface area contributed by atoms with Gasteiger partial charge in [-0.05, 0) is 18.9 Å². The first-order valence-electron chi connectivity index (χ1n) is 5.16. The molecule has 2 atom stereocenters. The number of benzene rings is 1. The lowest BCUT2D eigenvalue weighted by Gasteiger charge is -2.16. The molecule has 2 rings (SSSR count). The van der Waals surface area contributed by atoms with E-state index in [1.54, 1.807) is 24.3 Å². The lowest BCUT2D eigenvalue weighted by atomic mass is 9.98. The van der Waals surface area contributed by atoms with E-state index in [1.165, 1.54) is 0 Å². The Kier molecular flexibility index (Phi) is 2.45. The van der Waals surface area contributed by atoms with E-state index in [2.05, 4.69) is 0 Å². The standard InChI is InChI=1S/C12H11F3O2/c1-7-2-4-8(5-3-7)9-6-11(9,10(16)17)12(13,14)15/h2-5,9H,6H2,1H3,(H,16,17)/t9-,11+/m1/s1. The van der Waals surface area contributed by atoms with E-state index in [1.807, 2.05) is 6.92 Å². The van der Waals surface area contributed by atoms with Gasteiger partial charge in [-0.1, -0.05) is 29.8 Å². The van der Waals surface area contributed by atoms with Gasteiger partial charge >= 0.3 is 12.1 Å². The summed E-state index contributed by atoms with van der Waals surface area (Å²) in [7, 11) is 0. The lowest BCUT2D eigenvalue weighted by molar-refractivity contribution is -0.204. The number of carbonyl (C=O) groups is 1. The number of aliphatic carboxylic acids is 1. The van der Waals surface area contributed by atoms with Crippen LogP contribution in [0.15, 0.2) is 24.3 Å². The van der Waals surface area contributed by atoms with E-state index in [0.717, 1.165) is 5.56 Å². The summed E-state index contributed by atoms with van der Waals surface area (Å²) in [5.41, 5.74) is -1.21. The van der Waals surface area contributed by atoms with Gasteiger partial charge in [-0.2, -0.15) is 13.2 Å². The Labute approximate surface area is 96.1 Å². The fourth-order valence-corrected chi connectivity index (χ4v) is 2.14. The molecule has 1 aromatic carbocycles. The number of hydrogen-bond acceptors (Lipinski definition) is 1. The molecular formula is C12H11F3O2. The smallest absolute Gasteiger partial charge is 0.405 e. The number of alkyl halides is 3. The second-order valence-corrected chi connectivity index (χ2v) is 4.44. The maximum atomic E-state index is 12.8. The van der Waals surface area contributed by atoms with Crippen molar-refractivity contribution in [3.63, 3.8) is 0 Å². The first kappa shape index (κ1) is 12.0. The molecule has 0 spiro atoms. The van der Waals surface area contributed by atoms with Gasteiger partial charge in [0, 0.05) is 5.92 Å². The van der Waals surface area contributed by atoms with E-state index < -0.39 is 23.5 Å². The molecule has 0 amide bonds. The van der Waals surface area contributed by atoms with Gasteiger partial charge in [-0.3, -0.25) is 4.79 Å². The van der Waals surface area contributed by atoms with Crippen molar-refractivity contribution in [1.29, 1.82) is 0 Å². The van der Waals surface area contributed by atoms with Crippen molar-refractivity contribution in [2.24, 2.45) is 5.41 Å². The first-order chi connectivity index (χ1) is 7.79. The van der Waals surface area contributed by atoms with Crippen LogP contribution in [0.3, 0.4) is 0 Å². The molecule has 1 aliphatic carbocycles. The molecule has 0 radical (unpaired) electrons. The molecule has 0 saturated heterocycles. The van der Waals surface area contributed by atoms with Crippen LogP contribution < -0.4 is 0 Å². The molecule has 0 unspecified atom stereocenters.